The summed E-state index contributed by atoms with van der Waals surface area (Å²) >= 11 is 3.43. The van der Waals surface area contributed by atoms with E-state index in [2.05, 4.69) is 31.1 Å². The van der Waals surface area contributed by atoms with Gasteiger partial charge in [0.2, 0.25) is 0 Å². The van der Waals surface area contributed by atoms with Gasteiger partial charge in [-0.2, -0.15) is 5.10 Å². The van der Waals surface area contributed by atoms with Gasteiger partial charge in [-0.1, -0.05) is 18.2 Å². The average molecular weight is 430 g/mol. The van der Waals surface area contributed by atoms with Crippen LogP contribution >= 0.6 is 15.9 Å². The van der Waals surface area contributed by atoms with Crippen LogP contribution in [0.2, 0.25) is 0 Å². The molecular formula is C20H20BrN3O3. The molecule has 6 nitrogen and oxygen atoms in total. The molecule has 2 aromatic carbocycles. The first kappa shape index (κ1) is 19.0. The van der Waals surface area contributed by atoms with Gasteiger partial charge in [-0.15, -0.1) is 0 Å². The Hall–Kier alpha value is -2.80. The highest BCUT2D eigenvalue weighted by Crippen LogP contribution is 2.25. The molecular weight excluding hydrogens is 410 g/mol. The van der Waals surface area contributed by atoms with E-state index in [4.69, 9.17) is 4.74 Å². The Morgan fingerprint density at radius 1 is 1.19 bits per heavy atom. The minimum atomic E-state index is -0.510. The van der Waals surface area contributed by atoms with Gasteiger partial charge >= 0.3 is 6.09 Å². The number of carbonyl (C=O) groups excluding carboxylic acids is 1. The number of hydrogen-bond donors (Lipinski definition) is 1. The maximum Gasteiger partial charge on any atom is 0.411 e. The topological polar surface area (TPSA) is 65.4 Å². The molecule has 1 aromatic heterocycles. The molecule has 7 heteroatoms. The highest BCUT2D eigenvalue weighted by molar-refractivity contribution is 9.10. The zero-order valence-electron chi connectivity index (χ0n) is 15.3. The number of methoxy groups -OCH3 is 1. The second-order valence-electron chi connectivity index (χ2n) is 6.06. The molecule has 0 spiro atoms. The third kappa shape index (κ3) is 4.49. The fourth-order valence-corrected chi connectivity index (χ4v) is 2.87. The highest BCUT2D eigenvalue weighted by Gasteiger charge is 2.09. The van der Waals surface area contributed by atoms with Gasteiger partial charge in [0.15, 0.2) is 0 Å². The monoisotopic (exact) mass is 429 g/mol. The number of nitrogens with zero attached hydrogens (tertiary/aromatic N) is 2. The standard InChI is InChI=1S/C20H20BrN3O3/c1-13-10-16(24-11-14(2)19(21)23-24)8-9-18(13)27-12-15-6-4-5-7-17(15)22-20(25)26-3/h4-11H,12H2,1-3H3,(H,22,25). The summed E-state index contributed by atoms with van der Waals surface area (Å²) in [6.07, 6.45) is 1.46. The number of ether oxygens (including phenoxy) is 2. The quantitative estimate of drug-likeness (QED) is 0.618. The van der Waals surface area contributed by atoms with Gasteiger partial charge in [0.25, 0.3) is 0 Å². The lowest BCUT2D eigenvalue weighted by molar-refractivity contribution is 0.187. The molecule has 3 rings (SSSR count). The van der Waals surface area contributed by atoms with Crippen molar-refractivity contribution in [2.45, 2.75) is 20.5 Å². The summed E-state index contributed by atoms with van der Waals surface area (Å²) in [5.41, 5.74) is 4.55. The van der Waals surface area contributed by atoms with E-state index < -0.39 is 6.09 Å². The number of aromatic nitrogens is 2. The predicted octanol–water partition coefficient (Wildman–Crippen LogP) is 5.01. The number of rotatable bonds is 5. The van der Waals surface area contributed by atoms with Crippen molar-refractivity contribution in [2.75, 3.05) is 12.4 Å². The Bertz CT molecular complexity index is 949. The highest BCUT2D eigenvalue weighted by atomic mass is 79.9. The zero-order valence-corrected chi connectivity index (χ0v) is 16.9. The van der Waals surface area contributed by atoms with Crippen LogP contribution in [0.25, 0.3) is 5.69 Å². The molecule has 0 fully saturated rings. The van der Waals surface area contributed by atoms with Crippen LogP contribution in [0.15, 0.2) is 53.3 Å². The van der Waals surface area contributed by atoms with Crippen LogP contribution in [0.3, 0.4) is 0 Å². The molecule has 27 heavy (non-hydrogen) atoms. The average Bonchev–Trinajstić information content (AvgIpc) is 3.00. The molecule has 0 aliphatic rings. The predicted molar refractivity (Wildman–Crippen MR) is 108 cm³/mol. The Balaban J connectivity index is 1.75. The summed E-state index contributed by atoms with van der Waals surface area (Å²) in [5.74, 6) is 0.773. The third-order valence-electron chi connectivity index (χ3n) is 4.08. The lowest BCUT2D eigenvalue weighted by Gasteiger charge is -2.14. The van der Waals surface area contributed by atoms with Crippen molar-refractivity contribution in [1.29, 1.82) is 0 Å². The largest absolute Gasteiger partial charge is 0.489 e. The van der Waals surface area contributed by atoms with Crippen LogP contribution in [-0.2, 0) is 11.3 Å². The molecule has 3 aromatic rings. The number of carbonyl (C=O) groups is 1. The third-order valence-corrected chi connectivity index (χ3v) is 4.87. The van der Waals surface area contributed by atoms with E-state index in [-0.39, 0.29) is 0 Å². The maximum absolute atomic E-state index is 11.5. The number of para-hydroxylation sites is 1. The van der Waals surface area contributed by atoms with Gasteiger partial charge in [0.1, 0.15) is 17.0 Å². The summed E-state index contributed by atoms with van der Waals surface area (Å²) in [6.45, 7) is 4.31. The lowest BCUT2D eigenvalue weighted by Crippen LogP contribution is -2.13. The molecule has 0 saturated heterocycles. The normalized spacial score (nSPS) is 10.5. The first-order valence-electron chi connectivity index (χ1n) is 8.36. The first-order chi connectivity index (χ1) is 13.0. The number of amides is 1. The Kier molecular flexibility index (Phi) is 5.81. The van der Waals surface area contributed by atoms with Crippen LogP contribution in [0.4, 0.5) is 10.5 Å². The molecule has 140 valence electrons. The number of anilines is 1. The second-order valence-corrected chi connectivity index (χ2v) is 6.81. The van der Waals surface area contributed by atoms with Crippen molar-refractivity contribution in [2.24, 2.45) is 0 Å². The summed E-state index contributed by atoms with van der Waals surface area (Å²) in [5, 5.41) is 7.12. The number of hydrogen-bond acceptors (Lipinski definition) is 4. The number of nitrogens with one attached hydrogen (secondary N) is 1. The second kappa shape index (κ2) is 8.26. The van der Waals surface area contributed by atoms with E-state index in [1.165, 1.54) is 7.11 Å². The van der Waals surface area contributed by atoms with E-state index in [0.717, 1.165) is 32.7 Å². The van der Waals surface area contributed by atoms with Crippen molar-refractivity contribution in [3.8, 4) is 11.4 Å². The number of aryl methyl sites for hydroxylation is 2. The van der Waals surface area contributed by atoms with Crippen molar-refractivity contribution in [3.05, 3.63) is 70.0 Å². The fraction of sp³-hybridized carbons (Fsp3) is 0.200. The van der Waals surface area contributed by atoms with E-state index >= 15 is 0 Å². The van der Waals surface area contributed by atoms with Crippen LogP contribution in [0.5, 0.6) is 5.75 Å². The van der Waals surface area contributed by atoms with Crippen LogP contribution in [-0.4, -0.2) is 23.0 Å². The van der Waals surface area contributed by atoms with Crippen molar-refractivity contribution >= 4 is 27.7 Å². The van der Waals surface area contributed by atoms with Crippen LogP contribution in [0.1, 0.15) is 16.7 Å². The SMILES string of the molecule is COC(=O)Nc1ccccc1COc1ccc(-n2cc(C)c(Br)n2)cc1C. The van der Waals surface area contributed by atoms with Gasteiger partial charge in [-0.3, -0.25) is 5.32 Å². The molecule has 1 amide bonds. The maximum atomic E-state index is 11.5. The molecule has 0 aliphatic carbocycles. The van der Waals surface area contributed by atoms with Gasteiger partial charge in [0, 0.05) is 17.3 Å². The smallest absolute Gasteiger partial charge is 0.411 e. The molecule has 0 unspecified atom stereocenters. The van der Waals surface area contributed by atoms with Gasteiger partial charge in [0.05, 0.1) is 18.5 Å². The van der Waals surface area contributed by atoms with E-state index in [9.17, 15) is 4.79 Å². The summed E-state index contributed by atoms with van der Waals surface area (Å²) in [6, 6.07) is 13.4. The number of benzene rings is 2. The van der Waals surface area contributed by atoms with E-state index in [1.54, 1.807) is 0 Å². The van der Waals surface area contributed by atoms with Crippen molar-refractivity contribution in [1.82, 2.24) is 9.78 Å². The minimum absolute atomic E-state index is 0.326. The molecule has 0 radical (unpaired) electrons. The van der Waals surface area contributed by atoms with Crippen LogP contribution in [0, 0.1) is 13.8 Å². The van der Waals surface area contributed by atoms with Crippen molar-refractivity contribution < 1.29 is 14.3 Å². The van der Waals surface area contributed by atoms with E-state index in [0.29, 0.717) is 12.3 Å². The summed E-state index contributed by atoms with van der Waals surface area (Å²) in [4.78, 5) is 11.5. The Labute approximate surface area is 166 Å². The van der Waals surface area contributed by atoms with Crippen molar-refractivity contribution in [3.63, 3.8) is 0 Å². The van der Waals surface area contributed by atoms with Gasteiger partial charge in [-0.25, -0.2) is 9.48 Å². The minimum Gasteiger partial charge on any atom is -0.489 e. The number of halogens is 1. The molecule has 0 bridgehead atoms. The molecule has 1 heterocycles. The Morgan fingerprint density at radius 3 is 2.63 bits per heavy atom. The van der Waals surface area contributed by atoms with Gasteiger partial charge < -0.3 is 9.47 Å². The zero-order chi connectivity index (χ0) is 19.4. The first-order valence-corrected chi connectivity index (χ1v) is 9.15. The fourth-order valence-electron chi connectivity index (χ4n) is 2.59. The molecule has 0 saturated carbocycles. The van der Waals surface area contributed by atoms with Crippen LogP contribution < -0.4 is 10.1 Å². The molecule has 1 N–H and O–H groups in total. The molecule has 0 atom stereocenters. The summed E-state index contributed by atoms with van der Waals surface area (Å²) in [7, 11) is 1.33. The van der Waals surface area contributed by atoms with Gasteiger partial charge in [-0.05, 0) is 59.6 Å². The molecule has 0 aliphatic heterocycles. The summed E-state index contributed by atoms with van der Waals surface area (Å²) < 4.78 is 13.3. The lowest BCUT2D eigenvalue weighted by atomic mass is 10.1. The Morgan fingerprint density at radius 2 is 1.96 bits per heavy atom. The van der Waals surface area contributed by atoms with E-state index in [1.807, 2.05) is 67.2 Å².